The Balaban J connectivity index is 1.93. The number of rotatable bonds is 3. The standard InChI is InChI=1S/C17H21N3OS2/c1-2-7-20-16(21)14-12-5-3-4-6-13(12)23-15(14)18-17(20)19-8-10-22-11-9-19/h2H,1,3-11H2. The van der Waals surface area contributed by atoms with Crippen LogP contribution in [0.2, 0.25) is 0 Å². The number of hydrogen-bond donors (Lipinski definition) is 0. The molecule has 0 amide bonds. The zero-order chi connectivity index (χ0) is 15.8. The van der Waals surface area contributed by atoms with E-state index in [0.717, 1.165) is 53.6 Å². The van der Waals surface area contributed by atoms with Crippen LogP contribution in [0.3, 0.4) is 0 Å². The van der Waals surface area contributed by atoms with Crippen molar-refractivity contribution in [2.45, 2.75) is 32.2 Å². The second-order valence-electron chi connectivity index (χ2n) is 6.11. The van der Waals surface area contributed by atoms with E-state index in [0.29, 0.717) is 6.54 Å². The van der Waals surface area contributed by atoms with Gasteiger partial charge in [-0.3, -0.25) is 9.36 Å². The van der Waals surface area contributed by atoms with Crippen LogP contribution in [0.15, 0.2) is 17.4 Å². The molecule has 0 aromatic carbocycles. The lowest BCUT2D eigenvalue weighted by atomic mass is 9.97. The Morgan fingerprint density at radius 1 is 1.22 bits per heavy atom. The lowest BCUT2D eigenvalue weighted by Gasteiger charge is -2.29. The monoisotopic (exact) mass is 347 g/mol. The Labute approximate surface area is 144 Å². The topological polar surface area (TPSA) is 38.1 Å². The van der Waals surface area contributed by atoms with E-state index in [1.807, 2.05) is 16.3 Å². The molecule has 2 aromatic rings. The van der Waals surface area contributed by atoms with Crippen molar-refractivity contribution in [2.75, 3.05) is 29.5 Å². The lowest BCUT2D eigenvalue weighted by Crippen LogP contribution is -2.38. The molecule has 1 fully saturated rings. The maximum Gasteiger partial charge on any atom is 0.264 e. The van der Waals surface area contributed by atoms with Crippen molar-refractivity contribution in [1.82, 2.24) is 9.55 Å². The molecule has 2 aliphatic rings. The normalized spacial score (nSPS) is 18.2. The first kappa shape index (κ1) is 15.3. The minimum atomic E-state index is 0.127. The predicted octanol–water partition coefficient (Wildman–Crippen LogP) is 3.08. The van der Waals surface area contributed by atoms with Crippen LogP contribution < -0.4 is 10.5 Å². The SMILES string of the molecule is C=CCn1c(N2CCSCC2)nc2sc3c(c2c1=O)CCCC3. The molecule has 0 N–H and O–H groups in total. The zero-order valence-electron chi connectivity index (χ0n) is 13.2. The molecule has 23 heavy (non-hydrogen) atoms. The van der Waals surface area contributed by atoms with Gasteiger partial charge in [-0.1, -0.05) is 6.08 Å². The number of thiophene rings is 1. The molecule has 1 aliphatic heterocycles. The van der Waals surface area contributed by atoms with Crippen molar-refractivity contribution in [2.24, 2.45) is 0 Å². The van der Waals surface area contributed by atoms with Crippen molar-refractivity contribution >= 4 is 39.3 Å². The Kier molecular flexibility index (Phi) is 4.20. The maximum atomic E-state index is 13.2. The number of hydrogen-bond acceptors (Lipinski definition) is 5. The van der Waals surface area contributed by atoms with Gasteiger partial charge in [0, 0.05) is 36.0 Å². The van der Waals surface area contributed by atoms with Crippen LogP contribution in [0.1, 0.15) is 23.3 Å². The number of aromatic nitrogens is 2. The fourth-order valence-corrected chi connectivity index (χ4v) is 5.68. The summed E-state index contributed by atoms with van der Waals surface area (Å²) in [4.78, 5) is 22.7. The van der Waals surface area contributed by atoms with Gasteiger partial charge < -0.3 is 4.90 Å². The van der Waals surface area contributed by atoms with Gasteiger partial charge in [0.15, 0.2) is 0 Å². The van der Waals surface area contributed by atoms with E-state index >= 15 is 0 Å². The minimum absolute atomic E-state index is 0.127. The number of thioether (sulfide) groups is 1. The maximum absolute atomic E-state index is 13.2. The van der Waals surface area contributed by atoms with Gasteiger partial charge in [0.2, 0.25) is 5.95 Å². The molecule has 4 rings (SSSR count). The molecular weight excluding hydrogens is 326 g/mol. The third kappa shape index (κ3) is 2.62. The first-order valence-electron chi connectivity index (χ1n) is 8.28. The van der Waals surface area contributed by atoms with Gasteiger partial charge in [-0.2, -0.15) is 11.8 Å². The van der Waals surface area contributed by atoms with E-state index < -0.39 is 0 Å². The number of allylic oxidation sites excluding steroid dienone is 1. The van der Waals surface area contributed by atoms with Crippen molar-refractivity contribution < 1.29 is 0 Å². The van der Waals surface area contributed by atoms with E-state index in [1.54, 1.807) is 17.4 Å². The highest BCUT2D eigenvalue weighted by Gasteiger charge is 2.24. The summed E-state index contributed by atoms with van der Waals surface area (Å²) in [5.41, 5.74) is 1.40. The molecule has 0 saturated carbocycles. The molecule has 1 aliphatic carbocycles. The molecule has 3 heterocycles. The molecule has 0 spiro atoms. The highest BCUT2D eigenvalue weighted by Crippen LogP contribution is 2.34. The molecule has 0 unspecified atom stereocenters. The Hall–Kier alpha value is -1.27. The van der Waals surface area contributed by atoms with E-state index in [9.17, 15) is 4.79 Å². The third-order valence-electron chi connectivity index (χ3n) is 4.66. The van der Waals surface area contributed by atoms with Gasteiger partial charge in [-0.05, 0) is 31.2 Å². The summed E-state index contributed by atoms with van der Waals surface area (Å²) < 4.78 is 1.83. The fraction of sp³-hybridized carbons (Fsp3) is 0.529. The van der Waals surface area contributed by atoms with Crippen LogP contribution in [0.5, 0.6) is 0 Å². The number of nitrogens with zero attached hydrogens (tertiary/aromatic N) is 3. The highest BCUT2D eigenvalue weighted by atomic mass is 32.2. The molecule has 1 saturated heterocycles. The average Bonchev–Trinajstić information content (AvgIpc) is 2.96. The zero-order valence-corrected chi connectivity index (χ0v) is 14.8. The largest absolute Gasteiger partial charge is 0.340 e. The number of fused-ring (bicyclic) bond motifs is 3. The molecule has 0 atom stereocenters. The lowest BCUT2D eigenvalue weighted by molar-refractivity contribution is 0.693. The smallest absolute Gasteiger partial charge is 0.264 e. The second kappa shape index (κ2) is 6.32. The predicted molar refractivity (Wildman–Crippen MR) is 100 cm³/mol. The summed E-state index contributed by atoms with van der Waals surface area (Å²) in [5, 5.41) is 0.877. The van der Waals surface area contributed by atoms with E-state index in [4.69, 9.17) is 4.98 Å². The third-order valence-corrected chi connectivity index (χ3v) is 6.79. The van der Waals surface area contributed by atoms with Crippen LogP contribution >= 0.6 is 23.1 Å². The second-order valence-corrected chi connectivity index (χ2v) is 8.42. The van der Waals surface area contributed by atoms with Gasteiger partial charge in [-0.25, -0.2) is 4.98 Å². The summed E-state index contributed by atoms with van der Waals surface area (Å²) in [6.07, 6.45) is 6.35. The van der Waals surface area contributed by atoms with Crippen LogP contribution in [0, 0.1) is 0 Å². The molecule has 122 valence electrons. The molecular formula is C17H21N3OS2. The summed E-state index contributed by atoms with van der Waals surface area (Å²) in [5.74, 6) is 3.03. The average molecular weight is 348 g/mol. The summed E-state index contributed by atoms with van der Waals surface area (Å²) in [7, 11) is 0. The van der Waals surface area contributed by atoms with Crippen LogP contribution in [0.4, 0.5) is 5.95 Å². The summed E-state index contributed by atoms with van der Waals surface area (Å²) in [6.45, 7) is 6.29. The first-order valence-corrected chi connectivity index (χ1v) is 10.3. The summed E-state index contributed by atoms with van der Waals surface area (Å²) in [6, 6.07) is 0. The van der Waals surface area contributed by atoms with Gasteiger partial charge in [0.05, 0.1) is 5.39 Å². The molecule has 0 radical (unpaired) electrons. The quantitative estimate of drug-likeness (QED) is 0.800. The van der Waals surface area contributed by atoms with E-state index in [2.05, 4.69) is 11.5 Å². The van der Waals surface area contributed by atoms with Gasteiger partial charge in [-0.15, -0.1) is 17.9 Å². The molecule has 2 aromatic heterocycles. The summed E-state index contributed by atoms with van der Waals surface area (Å²) >= 11 is 3.70. The Morgan fingerprint density at radius 3 is 2.78 bits per heavy atom. The van der Waals surface area contributed by atoms with Crippen molar-refractivity contribution in [3.05, 3.63) is 33.4 Å². The van der Waals surface area contributed by atoms with Gasteiger partial charge in [0.1, 0.15) is 4.83 Å². The number of anilines is 1. The van der Waals surface area contributed by atoms with Crippen LogP contribution in [0.25, 0.3) is 10.2 Å². The molecule has 6 heteroatoms. The molecule has 0 bridgehead atoms. The van der Waals surface area contributed by atoms with Gasteiger partial charge >= 0.3 is 0 Å². The van der Waals surface area contributed by atoms with Crippen molar-refractivity contribution in [1.29, 1.82) is 0 Å². The Bertz CT molecular complexity index is 802. The van der Waals surface area contributed by atoms with Gasteiger partial charge in [0.25, 0.3) is 5.56 Å². The highest BCUT2D eigenvalue weighted by molar-refractivity contribution is 7.99. The van der Waals surface area contributed by atoms with Crippen LogP contribution in [-0.4, -0.2) is 34.1 Å². The van der Waals surface area contributed by atoms with E-state index in [-0.39, 0.29) is 5.56 Å². The van der Waals surface area contributed by atoms with Crippen molar-refractivity contribution in [3.63, 3.8) is 0 Å². The van der Waals surface area contributed by atoms with E-state index in [1.165, 1.54) is 23.3 Å². The first-order chi connectivity index (χ1) is 11.3. The number of aryl methyl sites for hydroxylation is 2. The Morgan fingerprint density at radius 2 is 2.00 bits per heavy atom. The van der Waals surface area contributed by atoms with Crippen molar-refractivity contribution in [3.8, 4) is 0 Å². The fourth-order valence-electron chi connectivity index (χ4n) is 3.53. The van der Waals surface area contributed by atoms with Crippen LogP contribution in [-0.2, 0) is 19.4 Å². The minimum Gasteiger partial charge on any atom is -0.340 e. The molecule has 4 nitrogen and oxygen atoms in total.